The molecular weight excluding hydrogens is 374 g/mol. The molecule has 7 nitrogen and oxygen atoms in total. The van der Waals surface area contributed by atoms with Crippen LogP contribution >= 0.6 is 11.3 Å². The second-order valence-corrected chi connectivity index (χ2v) is 8.18. The maximum atomic E-state index is 13.1. The monoisotopic (exact) mass is 395 g/mol. The summed E-state index contributed by atoms with van der Waals surface area (Å²) >= 11 is 1.23. The second kappa shape index (κ2) is 6.87. The fourth-order valence-electron chi connectivity index (χ4n) is 3.47. The van der Waals surface area contributed by atoms with Crippen LogP contribution in [0, 0.1) is 12.8 Å². The molecule has 0 saturated carbocycles. The Morgan fingerprint density at radius 2 is 2.04 bits per heavy atom. The van der Waals surface area contributed by atoms with Crippen molar-refractivity contribution in [2.24, 2.45) is 13.0 Å². The number of hydrogen-bond donors (Lipinski definition) is 2. The normalized spacial score (nSPS) is 12.8. The van der Waals surface area contributed by atoms with Gasteiger partial charge in [-0.3, -0.25) is 9.59 Å². The van der Waals surface area contributed by atoms with Crippen LogP contribution in [0.1, 0.15) is 40.9 Å². The molecule has 4 rings (SSSR count). The zero-order valence-corrected chi connectivity index (χ0v) is 16.9. The number of benzene rings is 1. The molecule has 2 N–H and O–H groups in total. The van der Waals surface area contributed by atoms with Gasteiger partial charge in [0.05, 0.1) is 33.7 Å². The number of aryl methyl sites for hydroxylation is 2. The van der Waals surface area contributed by atoms with Gasteiger partial charge in [-0.05, 0) is 30.5 Å². The predicted octanol–water partition coefficient (Wildman–Crippen LogP) is 3.31. The maximum Gasteiger partial charge on any atom is 0.262 e. The molecule has 0 aliphatic carbocycles. The van der Waals surface area contributed by atoms with Crippen molar-refractivity contribution in [2.75, 3.05) is 0 Å². The third-order valence-electron chi connectivity index (χ3n) is 4.99. The molecule has 28 heavy (non-hydrogen) atoms. The molecule has 3 heterocycles. The van der Waals surface area contributed by atoms with E-state index in [4.69, 9.17) is 4.98 Å². The quantitative estimate of drug-likeness (QED) is 0.554. The van der Waals surface area contributed by atoms with E-state index in [1.807, 2.05) is 49.7 Å². The molecule has 0 bridgehead atoms. The first-order chi connectivity index (χ1) is 13.4. The van der Waals surface area contributed by atoms with Crippen LogP contribution in [0.3, 0.4) is 0 Å². The average Bonchev–Trinajstić information content (AvgIpc) is 3.18. The van der Waals surface area contributed by atoms with Crippen LogP contribution in [0.4, 0.5) is 0 Å². The molecule has 3 aromatic heterocycles. The summed E-state index contributed by atoms with van der Waals surface area (Å²) in [7, 11) is 1.96. The zero-order valence-electron chi connectivity index (χ0n) is 16.1. The number of nitrogens with zero attached hydrogens (tertiary/aromatic N) is 3. The van der Waals surface area contributed by atoms with Crippen molar-refractivity contribution in [1.82, 2.24) is 24.8 Å². The number of para-hydroxylation sites is 2. The minimum Gasteiger partial charge on any atom is -0.341 e. The smallest absolute Gasteiger partial charge is 0.262 e. The van der Waals surface area contributed by atoms with E-state index in [1.54, 1.807) is 6.92 Å². The SMILES string of the molecule is Cc1c(C(=O)N[C@@H](c2nc3ccccc3n2C)C(C)C)sc2nc[nH]c(=O)c12. The van der Waals surface area contributed by atoms with Crippen LogP contribution in [0.15, 0.2) is 35.4 Å². The van der Waals surface area contributed by atoms with Gasteiger partial charge in [-0.1, -0.05) is 26.0 Å². The number of carbonyl (C=O) groups is 1. The molecular formula is C20H21N5O2S. The number of aromatic nitrogens is 4. The summed E-state index contributed by atoms with van der Waals surface area (Å²) in [6, 6.07) is 7.64. The first-order valence-corrected chi connectivity index (χ1v) is 9.89. The van der Waals surface area contributed by atoms with Crippen molar-refractivity contribution < 1.29 is 4.79 Å². The van der Waals surface area contributed by atoms with Crippen molar-refractivity contribution in [3.63, 3.8) is 0 Å². The summed E-state index contributed by atoms with van der Waals surface area (Å²) in [5, 5.41) is 3.59. The highest BCUT2D eigenvalue weighted by molar-refractivity contribution is 7.20. The molecule has 0 aliphatic heterocycles. The molecule has 4 aromatic rings. The first-order valence-electron chi connectivity index (χ1n) is 9.07. The Labute approximate surface area is 165 Å². The first kappa shape index (κ1) is 18.4. The molecule has 1 aromatic carbocycles. The van der Waals surface area contributed by atoms with E-state index in [0.717, 1.165) is 16.9 Å². The molecule has 1 amide bonds. The van der Waals surface area contributed by atoms with Gasteiger partial charge in [-0.15, -0.1) is 11.3 Å². The minimum absolute atomic E-state index is 0.135. The van der Waals surface area contributed by atoms with E-state index in [0.29, 0.717) is 20.7 Å². The highest BCUT2D eigenvalue weighted by atomic mass is 32.1. The molecule has 144 valence electrons. The molecule has 1 atom stereocenters. The predicted molar refractivity (Wildman–Crippen MR) is 111 cm³/mol. The summed E-state index contributed by atoms with van der Waals surface area (Å²) in [6.45, 7) is 5.88. The van der Waals surface area contributed by atoms with E-state index in [1.165, 1.54) is 17.7 Å². The fourth-order valence-corrected chi connectivity index (χ4v) is 4.53. The number of H-pyrrole nitrogens is 1. The van der Waals surface area contributed by atoms with Gasteiger partial charge < -0.3 is 14.9 Å². The molecule has 0 spiro atoms. The number of rotatable bonds is 4. The summed E-state index contributed by atoms with van der Waals surface area (Å²) in [6.07, 6.45) is 1.36. The minimum atomic E-state index is -0.263. The van der Waals surface area contributed by atoms with Gasteiger partial charge in [0, 0.05) is 7.05 Å². The Kier molecular flexibility index (Phi) is 4.50. The molecule has 0 unspecified atom stereocenters. The largest absolute Gasteiger partial charge is 0.341 e. The van der Waals surface area contributed by atoms with Crippen molar-refractivity contribution in [3.8, 4) is 0 Å². The average molecular weight is 395 g/mol. The van der Waals surface area contributed by atoms with E-state index in [-0.39, 0.29) is 23.4 Å². The van der Waals surface area contributed by atoms with Gasteiger partial charge in [0.2, 0.25) is 0 Å². The zero-order chi connectivity index (χ0) is 20.0. The van der Waals surface area contributed by atoms with E-state index in [2.05, 4.69) is 15.3 Å². The number of aromatic amines is 1. The van der Waals surface area contributed by atoms with Crippen molar-refractivity contribution in [2.45, 2.75) is 26.8 Å². The number of carbonyl (C=O) groups excluding carboxylic acids is 1. The number of nitrogens with one attached hydrogen (secondary N) is 2. The van der Waals surface area contributed by atoms with Crippen LogP contribution in [0.2, 0.25) is 0 Å². The Hall–Kier alpha value is -3.00. The molecule has 0 aliphatic rings. The van der Waals surface area contributed by atoms with Gasteiger partial charge >= 0.3 is 0 Å². The lowest BCUT2D eigenvalue weighted by atomic mass is 10.0. The lowest BCUT2D eigenvalue weighted by Gasteiger charge is -2.22. The topological polar surface area (TPSA) is 92.7 Å². The van der Waals surface area contributed by atoms with Crippen LogP contribution in [0.5, 0.6) is 0 Å². The number of hydrogen-bond acceptors (Lipinski definition) is 5. The molecule has 0 saturated heterocycles. The summed E-state index contributed by atoms with van der Waals surface area (Å²) in [5.74, 6) is 0.723. The molecule has 0 radical (unpaired) electrons. The van der Waals surface area contributed by atoms with Crippen LogP contribution < -0.4 is 10.9 Å². The Morgan fingerprint density at radius 1 is 1.29 bits per heavy atom. The number of fused-ring (bicyclic) bond motifs is 2. The van der Waals surface area contributed by atoms with Gasteiger partial charge in [-0.25, -0.2) is 9.97 Å². The van der Waals surface area contributed by atoms with E-state index < -0.39 is 0 Å². The Morgan fingerprint density at radius 3 is 2.71 bits per heavy atom. The van der Waals surface area contributed by atoms with Gasteiger partial charge in [0.25, 0.3) is 11.5 Å². The van der Waals surface area contributed by atoms with Gasteiger partial charge in [0.15, 0.2) is 0 Å². The Balaban J connectivity index is 1.74. The van der Waals surface area contributed by atoms with Crippen molar-refractivity contribution in [1.29, 1.82) is 0 Å². The summed E-state index contributed by atoms with van der Waals surface area (Å²) < 4.78 is 2.02. The van der Waals surface area contributed by atoms with E-state index >= 15 is 0 Å². The van der Waals surface area contributed by atoms with Crippen LogP contribution in [-0.2, 0) is 7.05 Å². The highest BCUT2D eigenvalue weighted by Crippen LogP contribution is 2.29. The molecule has 0 fully saturated rings. The summed E-state index contributed by atoms with van der Waals surface area (Å²) in [4.78, 5) is 37.8. The van der Waals surface area contributed by atoms with Crippen LogP contribution in [-0.4, -0.2) is 25.4 Å². The third-order valence-corrected chi connectivity index (χ3v) is 6.19. The molecule has 8 heteroatoms. The number of imidazole rings is 1. The highest BCUT2D eigenvalue weighted by Gasteiger charge is 2.26. The van der Waals surface area contributed by atoms with Gasteiger partial charge in [0.1, 0.15) is 10.7 Å². The standard InChI is InChI=1S/C20H21N5O2S/c1-10(2)15(17-23-12-7-5-6-8-13(12)25(17)4)24-19(27)16-11(3)14-18(26)21-9-22-20(14)28-16/h5-10,15H,1-4H3,(H,24,27)(H,21,22,26)/t15-/m1/s1. The maximum absolute atomic E-state index is 13.1. The van der Waals surface area contributed by atoms with Crippen molar-refractivity contribution >= 4 is 38.5 Å². The van der Waals surface area contributed by atoms with E-state index in [9.17, 15) is 9.59 Å². The van der Waals surface area contributed by atoms with Crippen LogP contribution in [0.25, 0.3) is 21.3 Å². The summed E-state index contributed by atoms with van der Waals surface area (Å²) in [5.41, 5.74) is 2.34. The fraction of sp³-hybridized carbons (Fsp3) is 0.300. The Bertz CT molecular complexity index is 1250. The number of thiophene rings is 1. The third kappa shape index (κ3) is 2.90. The number of amides is 1. The second-order valence-electron chi connectivity index (χ2n) is 7.18. The van der Waals surface area contributed by atoms with Gasteiger partial charge in [-0.2, -0.15) is 0 Å². The van der Waals surface area contributed by atoms with Crippen molar-refractivity contribution in [3.05, 3.63) is 57.2 Å². The lowest BCUT2D eigenvalue weighted by Crippen LogP contribution is -2.33. The lowest BCUT2D eigenvalue weighted by molar-refractivity contribution is 0.0926.